The molecule has 1 atom stereocenters. The Morgan fingerprint density at radius 2 is 1.72 bits per heavy atom. The highest BCUT2D eigenvalue weighted by Crippen LogP contribution is 2.29. The van der Waals surface area contributed by atoms with E-state index in [0.29, 0.717) is 49.3 Å². The Kier molecular flexibility index (Phi) is 10.4. The standard InChI is InChI=1S/C24H31NO7/c26-20(27)8-2-1-5-15-25-24(31)23(32-22(30)16-18-6-3-4-7-18)19-12-9-17(10-13-19)11-14-21(28)29/h9-14,18,23H,1-8,15-16H2,(H,25,31)(H,26,27)(H,28,29). The molecule has 0 spiro atoms. The number of carboxylic acid groups (broad SMARTS) is 2. The molecule has 1 aromatic carbocycles. The molecule has 2 rings (SSSR count). The molecule has 8 nitrogen and oxygen atoms in total. The number of esters is 1. The Morgan fingerprint density at radius 3 is 2.34 bits per heavy atom. The van der Waals surface area contributed by atoms with Crippen LogP contribution in [-0.2, 0) is 23.9 Å². The van der Waals surface area contributed by atoms with Crippen LogP contribution < -0.4 is 5.32 Å². The molecule has 1 saturated carbocycles. The van der Waals surface area contributed by atoms with Gasteiger partial charge in [-0.15, -0.1) is 0 Å². The van der Waals surface area contributed by atoms with Gasteiger partial charge in [0.25, 0.3) is 5.91 Å². The summed E-state index contributed by atoms with van der Waals surface area (Å²) in [6.45, 7) is 0.356. The number of carboxylic acids is 2. The lowest BCUT2D eigenvalue weighted by molar-refractivity contribution is -0.157. The number of benzene rings is 1. The number of ether oxygens (including phenoxy) is 1. The van der Waals surface area contributed by atoms with Gasteiger partial charge in [0.05, 0.1) is 0 Å². The van der Waals surface area contributed by atoms with Gasteiger partial charge in [0, 0.05) is 31.0 Å². The van der Waals surface area contributed by atoms with Gasteiger partial charge in [-0.1, -0.05) is 43.5 Å². The molecular weight excluding hydrogens is 414 g/mol. The second-order valence-electron chi connectivity index (χ2n) is 8.06. The van der Waals surface area contributed by atoms with Gasteiger partial charge in [-0.2, -0.15) is 0 Å². The Bertz CT molecular complexity index is 810. The lowest BCUT2D eigenvalue weighted by atomic mass is 10.0. The maximum absolute atomic E-state index is 12.8. The van der Waals surface area contributed by atoms with Crippen LogP contribution in [0.4, 0.5) is 0 Å². The molecule has 0 aliphatic heterocycles. The maximum Gasteiger partial charge on any atom is 0.328 e. The molecule has 0 radical (unpaired) electrons. The SMILES string of the molecule is O=C(O)C=Cc1ccc(C(OC(=O)CC2CCCC2)C(=O)NCCCCCC(=O)O)cc1. The minimum atomic E-state index is -1.10. The lowest BCUT2D eigenvalue weighted by Gasteiger charge is -2.19. The highest BCUT2D eigenvalue weighted by Gasteiger charge is 2.27. The number of aliphatic carboxylic acids is 2. The molecule has 1 fully saturated rings. The van der Waals surface area contributed by atoms with Gasteiger partial charge in [0.15, 0.2) is 0 Å². The molecule has 0 aromatic heterocycles. The zero-order chi connectivity index (χ0) is 23.3. The first-order valence-corrected chi connectivity index (χ1v) is 11.0. The molecule has 1 amide bonds. The first-order chi connectivity index (χ1) is 15.3. The molecule has 1 aliphatic carbocycles. The smallest absolute Gasteiger partial charge is 0.328 e. The summed E-state index contributed by atoms with van der Waals surface area (Å²) in [6, 6.07) is 6.60. The summed E-state index contributed by atoms with van der Waals surface area (Å²) in [6.07, 6.45) is 7.77. The van der Waals surface area contributed by atoms with Crippen LogP contribution in [-0.4, -0.2) is 40.6 Å². The van der Waals surface area contributed by atoms with E-state index in [-0.39, 0.29) is 6.42 Å². The van der Waals surface area contributed by atoms with Crippen molar-refractivity contribution < 1.29 is 34.1 Å². The topological polar surface area (TPSA) is 130 Å². The average molecular weight is 446 g/mol. The molecule has 1 aromatic rings. The number of rotatable bonds is 13. The van der Waals surface area contributed by atoms with Gasteiger partial charge in [0.1, 0.15) is 0 Å². The zero-order valence-corrected chi connectivity index (χ0v) is 18.1. The van der Waals surface area contributed by atoms with Crippen LogP contribution >= 0.6 is 0 Å². The third-order valence-electron chi connectivity index (χ3n) is 5.44. The van der Waals surface area contributed by atoms with Crippen molar-refractivity contribution in [2.24, 2.45) is 5.92 Å². The fourth-order valence-corrected chi connectivity index (χ4v) is 3.73. The number of unbranched alkanes of at least 4 members (excludes halogenated alkanes) is 2. The monoisotopic (exact) mass is 445 g/mol. The predicted molar refractivity (Wildman–Crippen MR) is 118 cm³/mol. The number of nitrogens with one attached hydrogen (secondary N) is 1. The highest BCUT2D eigenvalue weighted by molar-refractivity contribution is 5.86. The van der Waals surface area contributed by atoms with E-state index in [2.05, 4.69) is 5.32 Å². The molecule has 1 unspecified atom stereocenters. The van der Waals surface area contributed by atoms with E-state index in [9.17, 15) is 19.2 Å². The number of hydrogen-bond acceptors (Lipinski definition) is 5. The van der Waals surface area contributed by atoms with Crippen molar-refractivity contribution in [3.8, 4) is 0 Å². The van der Waals surface area contributed by atoms with E-state index in [4.69, 9.17) is 14.9 Å². The van der Waals surface area contributed by atoms with Crippen molar-refractivity contribution in [1.29, 1.82) is 0 Å². The normalized spacial score (nSPS) is 14.9. The number of hydrogen-bond donors (Lipinski definition) is 3. The number of amides is 1. The average Bonchev–Trinajstić information content (AvgIpc) is 3.26. The Morgan fingerprint density at radius 1 is 1.03 bits per heavy atom. The lowest BCUT2D eigenvalue weighted by Crippen LogP contribution is -2.33. The van der Waals surface area contributed by atoms with Gasteiger partial charge in [-0.3, -0.25) is 14.4 Å². The van der Waals surface area contributed by atoms with Gasteiger partial charge in [-0.25, -0.2) is 4.79 Å². The van der Waals surface area contributed by atoms with Crippen LogP contribution in [0.15, 0.2) is 30.3 Å². The molecule has 0 saturated heterocycles. The van der Waals surface area contributed by atoms with Crippen LogP contribution in [0.25, 0.3) is 6.08 Å². The molecule has 0 heterocycles. The minimum Gasteiger partial charge on any atom is -0.481 e. The largest absolute Gasteiger partial charge is 0.481 e. The van der Waals surface area contributed by atoms with Crippen molar-refractivity contribution >= 4 is 29.9 Å². The maximum atomic E-state index is 12.8. The molecule has 8 heteroatoms. The molecule has 32 heavy (non-hydrogen) atoms. The molecule has 174 valence electrons. The fraction of sp³-hybridized carbons (Fsp3) is 0.500. The third-order valence-corrected chi connectivity index (χ3v) is 5.44. The van der Waals surface area contributed by atoms with Crippen molar-refractivity contribution in [3.63, 3.8) is 0 Å². The van der Waals surface area contributed by atoms with Gasteiger partial charge in [-0.05, 0) is 43.2 Å². The summed E-state index contributed by atoms with van der Waals surface area (Å²) in [5, 5.41) is 20.2. The highest BCUT2D eigenvalue weighted by atomic mass is 16.5. The minimum absolute atomic E-state index is 0.0953. The molecule has 1 aliphatic rings. The summed E-state index contributed by atoms with van der Waals surface area (Å²) < 4.78 is 5.57. The number of carbonyl (C=O) groups excluding carboxylic acids is 2. The zero-order valence-electron chi connectivity index (χ0n) is 18.1. The Balaban J connectivity index is 1.99. The van der Waals surface area contributed by atoms with E-state index in [1.165, 1.54) is 6.08 Å². The van der Waals surface area contributed by atoms with E-state index < -0.39 is 29.9 Å². The quantitative estimate of drug-likeness (QED) is 0.240. The second-order valence-corrected chi connectivity index (χ2v) is 8.06. The van der Waals surface area contributed by atoms with E-state index >= 15 is 0 Å². The second kappa shape index (κ2) is 13.3. The molecule has 3 N–H and O–H groups in total. The third kappa shape index (κ3) is 9.32. The summed E-state index contributed by atoms with van der Waals surface area (Å²) in [4.78, 5) is 46.5. The van der Waals surface area contributed by atoms with Crippen molar-refractivity contribution in [1.82, 2.24) is 5.32 Å². The van der Waals surface area contributed by atoms with Crippen LogP contribution in [0.1, 0.15) is 75.0 Å². The van der Waals surface area contributed by atoms with E-state index in [0.717, 1.165) is 31.8 Å². The van der Waals surface area contributed by atoms with Crippen LogP contribution in [0, 0.1) is 5.92 Å². The van der Waals surface area contributed by atoms with Gasteiger partial charge in [0.2, 0.25) is 6.10 Å². The predicted octanol–water partition coefficient (Wildman–Crippen LogP) is 3.71. The van der Waals surface area contributed by atoms with Crippen LogP contribution in [0.3, 0.4) is 0 Å². The summed E-state index contributed by atoms with van der Waals surface area (Å²) in [5.74, 6) is -2.45. The Hall–Kier alpha value is -3.16. The van der Waals surface area contributed by atoms with E-state index in [1.54, 1.807) is 24.3 Å². The molecular formula is C24H31NO7. The van der Waals surface area contributed by atoms with Crippen LogP contribution in [0.2, 0.25) is 0 Å². The summed E-state index contributed by atoms with van der Waals surface area (Å²) in [7, 11) is 0. The first-order valence-electron chi connectivity index (χ1n) is 11.0. The van der Waals surface area contributed by atoms with E-state index in [1.807, 2.05) is 0 Å². The van der Waals surface area contributed by atoms with Crippen molar-refractivity contribution in [2.75, 3.05) is 6.54 Å². The summed E-state index contributed by atoms with van der Waals surface area (Å²) in [5.41, 5.74) is 1.15. The van der Waals surface area contributed by atoms with Gasteiger partial charge < -0.3 is 20.3 Å². The Labute approximate surface area is 187 Å². The van der Waals surface area contributed by atoms with Crippen LogP contribution in [0.5, 0.6) is 0 Å². The number of carbonyl (C=O) groups is 4. The first kappa shape index (κ1) is 25.1. The molecule has 0 bridgehead atoms. The van der Waals surface area contributed by atoms with Crippen molar-refractivity contribution in [2.45, 2.75) is 63.9 Å². The fourth-order valence-electron chi connectivity index (χ4n) is 3.73. The van der Waals surface area contributed by atoms with Crippen molar-refractivity contribution in [3.05, 3.63) is 41.5 Å². The summed E-state index contributed by atoms with van der Waals surface area (Å²) >= 11 is 0. The van der Waals surface area contributed by atoms with Gasteiger partial charge >= 0.3 is 17.9 Å².